The van der Waals surface area contributed by atoms with Gasteiger partial charge < -0.3 is 29.6 Å². The normalized spacial score (nSPS) is 28.3. The van der Waals surface area contributed by atoms with E-state index in [9.17, 15) is 36.6 Å². The van der Waals surface area contributed by atoms with Gasteiger partial charge in [-0.3, -0.25) is 0 Å². The van der Waals surface area contributed by atoms with E-state index >= 15 is 0 Å². The fourth-order valence-corrected chi connectivity index (χ4v) is 8.78. The molecule has 0 aromatic rings. The van der Waals surface area contributed by atoms with Crippen LogP contribution in [0.3, 0.4) is 0 Å². The Morgan fingerprint density at radius 1 is 0.556 bits per heavy atom. The maximum atomic E-state index is 12.0. The summed E-state index contributed by atoms with van der Waals surface area (Å²) < 4.78 is 75.7. The Labute approximate surface area is 385 Å². The van der Waals surface area contributed by atoms with Crippen LogP contribution in [0.1, 0.15) is 170 Å². The predicted octanol–water partition coefficient (Wildman–Crippen LogP) is 12.9. The van der Waals surface area contributed by atoms with Crippen LogP contribution in [-0.2, 0) is 4.74 Å². The van der Waals surface area contributed by atoms with Crippen molar-refractivity contribution in [3.63, 3.8) is 0 Å². The highest BCUT2D eigenvalue weighted by Crippen LogP contribution is 2.54. The van der Waals surface area contributed by atoms with Crippen molar-refractivity contribution in [2.75, 3.05) is 85.1 Å². The molecule has 13 heteroatoms. The van der Waals surface area contributed by atoms with Crippen molar-refractivity contribution in [3.8, 4) is 0 Å². The van der Waals surface area contributed by atoms with Crippen molar-refractivity contribution in [2.45, 2.75) is 199 Å². The fourth-order valence-electron chi connectivity index (χ4n) is 7.69. The SMILES string of the molecule is CC1(O)CCCC1.CC1(O)CCCCC1.CC1=CCCC1.CC1=CCCCC1.CC1CC(F)(F)C1(F)F.CC1CC1(F)F.CN1CCCC1.CN1CCOCC1.CN1CCSCC1. The van der Waals surface area contributed by atoms with Gasteiger partial charge in [0.15, 0.2) is 0 Å². The van der Waals surface area contributed by atoms with Crippen molar-refractivity contribution in [1.29, 1.82) is 0 Å². The number of likely N-dealkylation sites (N-methyl/N-ethyl adjacent to an activating group) is 1. The number of likely N-dealkylation sites (tertiary alicyclic amines) is 1. The van der Waals surface area contributed by atoms with E-state index in [1.807, 2.05) is 13.8 Å². The number of thioether (sulfide) groups is 1. The molecular formula is C50H93F6N3O3S. The first-order valence-corrected chi connectivity index (χ1v) is 25.7. The Bertz CT molecular complexity index is 1200. The van der Waals surface area contributed by atoms with Gasteiger partial charge >= 0.3 is 11.8 Å². The van der Waals surface area contributed by atoms with Gasteiger partial charge in [-0.05, 0) is 145 Å². The minimum absolute atomic E-state index is 0.104. The highest BCUT2D eigenvalue weighted by Gasteiger charge is 2.69. The third-order valence-electron chi connectivity index (χ3n) is 13.0. The monoisotopic (exact) mass is 930 g/mol. The number of halogens is 6. The lowest BCUT2D eigenvalue weighted by molar-refractivity contribution is -0.309. The van der Waals surface area contributed by atoms with Crippen molar-refractivity contribution < 1.29 is 41.3 Å². The molecule has 3 heterocycles. The van der Waals surface area contributed by atoms with Gasteiger partial charge in [-0.15, -0.1) is 0 Å². The molecule has 9 aliphatic rings. The van der Waals surface area contributed by atoms with Crippen LogP contribution in [0.4, 0.5) is 26.3 Å². The van der Waals surface area contributed by atoms with Gasteiger partial charge in [0.05, 0.1) is 24.4 Å². The summed E-state index contributed by atoms with van der Waals surface area (Å²) in [6, 6.07) is 0. The van der Waals surface area contributed by atoms with Crippen LogP contribution >= 0.6 is 11.8 Å². The van der Waals surface area contributed by atoms with E-state index in [-0.39, 0.29) is 23.5 Å². The minimum Gasteiger partial charge on any atom is -0.390 e. The second-order valence-electron chi connectivity index (χ2n) is 20.1. The maximum Gasteiger partial charge on any atom is 0.312 e. The molecule has 0 aromatic heterocycles. The van der Waals surface area contributed by atoms with Crippen molar-refractivity contribution in [2.24, 2.45) is 11.8 Å². The Kier molecular flexibility index (Phi) is 29.9. The molecule has 0 aromatic carbocycles. The van der Waals surface area contributed by atoms with Gasteiger partial charge in [-0.25, -0.2) is 8.78 Å². The average molecular weight is 930 g/mol. The number of alkyl halides is 6. The molecule has 6 aliphatic carbocycles. The first-order chi connectivity index (χ1) is 29.4. The zero-order chi connectivity index (χ0) is 47.6. The first kappa shape index (κ1) is 60.2. The van der Waals surface area contributed by atoms with E-state index in [2.05, 4.69) is 73.6 Å². The molecule has 6 nitrogen and oxygen atoms in total. The summed E-state index contributed by atoms with van der Waals surface area (Å²) in [7, 11) is 6.47. The number of nitrogens with zero attached hydrogens (tertiary/aromatic N) is 3. The predicted molar refractivity (Wildman–Crippen MR) is 255 cm³/mol. The first-order valence-electron chi connectivity index (χ1n) is 24.5. The molecule has 0 bridgehead atoms. The van der Waals surface area contributed by atoms with E-state index in [1.54, 1.807) is 18.1 Å². The molecule has 3 saturated heterocycles. The zero-order valence-corrected chi connectivity index (χ0v) is 42.2. The van der Waals surface area contributed by atoms with Crippen molar-refractivity contribution >= 4 is 11.8 Å². The number of hydrogen-bond donors (Lipinski definition) is 2. The van der Waals surface area contributed by atoms with E-state index in [4.69, 9.17) is 4.74 Å². The zero-order valence-electron chi connectivity index (χ0n) is 41.3. The average Bonchev–Trinajstić information content (AvgIpc) is 3.79. The van der Waals surface area contributed by atoms with Crippen LogP contribution in [0, 0.1) is 11.8 Å². The Morgan fingerprint density at radius 2 is 0.952 bits per heavy atom. The van der Waals surface area contributed by atoms with Crippen LogP contribution in [0.15, 0.2) is 23.3 Å². The Morgan fingerprint density at radius 3 is 1.11 bits per heavy atom. The molecule has 4 saturated carbocycles. The van der Waals surface area contributed by atoms with Gasteiger partial charge in [0.1, 0.15) is 0 Å². The van der Waals surface area contributed by atoms with Gasteiger partial charge in [0.2, 0.25) is 0 Å². The molecule has 0 amide bonds. The van der Waals surface area contributed by atoms with Crippen LogP contribution < -0.4 is 0 Å². The second-order valence-corrected chi connectivity index (χ2v) is 21.4. The number of ether oxygens (including phenoxy) is 1. The highest BCUT2D eigenvalue weighted by molar-refractivity contribution is 7.99. The van der Waals surface area contributed by atoms with E-state index in [1.165, 1.54) is 128 Å². The fraction of sp³-hybridized carbons (Fsp3) is 0.920. The summed E-state index contributed by atoms with van der Waals surface area (Å²) in [6.45, 7) is 20.2. The molecule has 2 atom stereocenters. The van der Waals surface area contributed by atoms with E-state index < -0.39 is 30.1 Å². The van der Waals surface area contributed by atoms with Crippen LogP contribution in [-0.4, -0.2) is 139 Å². The number of rotatable bonds is 0. The molecule has 0 radical (unpaired) electrons. The van der Waals surface area contributed by atoms with Crippen LogP contribution in [0.25, 0.3) is 0 Å². The molecule has 2 N–H and O–H groups in total. The molecule has 374 valence electrons. The molecule has 9 rings (SSSR count). The topological polar surface area (TPSA) is 59.4 Å². The summed E-state index contributed by atoms with van der Waals surface area (Å²) in [5.74, 6) is -8.63. The Hall–Kier alpha value is -0.830. The molecule has 7 fully saturated rings. The van der Waals surface area contributed by atoms with Gasteiger partial charge in [0.25, 0.3) is 5.92 Å². The number of morpholine rings is 1. The lowest BCUT2D eigenvalue weighted by atomic mass is 9.78. The largest absolute Gasteiger partial charge is 0.390 e. The smallest absolute Gasteiger partial charge is 0.312 e. The lowest BCUT2D eigenvalue weighted by Gasteiger charge is -2.41. The van der Waals surface area contributed by atoms with E-state index in [0.717, 1.165) is 58.9 Å². The quantitative estimate of drug-likeness (QED) is 0.185. The number of hydrogen-bond acceptors (Lipinski definition) is 7. The molecule has 63 heavy (non-hydrogen) atoms. The summed E-state index contributed by atoms with van der Waals surface area (Å²) in [4.78, 5) is 7.00. The Balaban J connectivity index is 0.000000355. The third-order valence-corrected chi connectivity index (χ3v) is 13.9. The van der Waals surface area contributed by atoms with Crippen molar-refractivity contribution in [3.05, 3.63) is 23.3 Å². The summed E-state index contributed by atoms with van der Waals surface area (Å²) in [6.07, 6.45) is 26.7. The molecule has 3 aliphatic heterocycles. The summed E-state index contributed by atoms with van der Waals surface area (Å²) in [5.41, 5.74) is 2.54. The summed E-state index contributed by atoms with van der Waals surface area (Å²) in [5, 5.41) is 18.6. The molecule has 2 unspecified atom stereocenters. The standard InChI is InChI=1S/C7H14O.C7H12.C6H12O.C6H10.C5H6F4.C5H11NO.C5H11NS.C5H11N.C4H6F2/c1-7(8)5-3-2-4-6-7;1-7-5-3-2-4-6-7;1-6(7)4-2-3-5-6;1-6-4-2-3-5-6;1-3-2-4(6,7)5(3,8)9;2*1-6-2-4-7-5-3-6;1-6-4-2-3-5-6;1-3-2-4(3,5)6/h8H,2-6H2,1H3;5H,2-4,6H2,1H3;7H,2-5H2,1H3;4H,2-3,5H2,1H3;3H,2H2,1H3;2*2-5H2,1H3;2-5H2,1H3;3H,2H2,1H3. The van der Waals surface area contributed by atoms with Gasteiger partial charge in [-0.1, -0.05) is 69.2 Å². The summed E-state index contributed by atoms with van der Waals surface area (Å²) >= 11 is 2.06. The van der Waals surface area contributed by atoms with Crippen LogP contribution in [0.2, 0.25) is 0 Å². The number of allylic oxidation sites excluding steroid dienone is 4. The second kappa shape index (κ2) is 31.3. The molecular weight excluding hydrogens is 837 g/mol. The molecule has 0 spiro atoms. The number of aliphatic hydroxyl groups is 2. The third kappa shape index (κ3) is 29.5. The van der Waals surface area contributed by atoms with Crippen molar-refractivity contribution in [1.82, 2.24) is 14.7 Å². The maximum absolute atomic E-state index is 12.0. The van der Waals surface area contributed by atoms with E-state index in [0.29, 0.717) is 0 Å². The van der Waals surface area contributed by atoms with Crippen LogP contribution in [0.5, 0.6) is 0 Å². The van der Waals surface area contributed by atoms with Gasteiger partial charge in [-0.2, -0.15) is 29.3 Å². The highest BCUT2D eigenvalue weighted by atomic mass is 32.2. The minimum atomic E-state index is -3.76. The lowest BCUT2D eigenvalue weighted by Crippen LogP contribution is -2.57. The van der Waals surface area contributed by atoms with Gasteiger partial charge in [0, 0.05) is 62.4 Å².